The van der Waals surface area contributed by atoms with E-state index in [0.717, 1.165) is 76.2 Å². The van der Waals surface area contributed by atoms with Crippen LogP contribution in [0.4, 0.5) is 5.69 Å². The number of hydrogen-bond donors (Lipinski definition) is 1. The average molecular weight is 344 g/mol. The van der Waals surface area contributed by atoms with Crippen LogP contribution in [0, 0.1) is 5.41 Å². The topological polar surface area (TPSA) is 53.0 Å². The number of aliphatic hydroxyl groups excluding tert-OH is 1. The third-order valence-corrected chi connectivity index (χ3v) is 6.25. The first-order chi connectivity index (χ1) is 12.2. The predicted octanol–water partition coefficient (Wildman–Crippen LogP) is 2.29. The van der Waals surface area contributed by atoms with E-state index in [1.54, 1.807) is 0 Å². The number of nitrogens with zero attached hydrogens (tertiary/aromatic N) is 2. The van der Waals surface area contributed by atoms with Crippen molar-refractivity contribution in [3.05, 3.63) is 29.8 Å². The first kappa shape index (κ1) is 16.9. The van der Waals surface area contributed by atoms with Crippen LogP contribution in [0.1, 0.15) is 42.5 Å². The molecule has 1 aliphatic carbocycles. The van der Waals surface area contributed by atoms with Gasteiger partial charge in [0, 0.05) is 42.8 Å². The molecule has 5 heteroatoms. The summed E-state index contributed by atoms with van der Waals surface area (Å²) in [5.41, 5.74) is 1.85. The first-order valence-corrected chi connectivity index (χ1v) is 9.58. The first-order valence-electron chi connectivity index (χ1n) is 9.58. The molecular formula is C20H28N2O3. The van der Waals surface area contributed by atoms with Crippen molar-refractivity contribution in [3.63, 3.8) is 0 Å². The van der Waals surface area contributed by atoms with Crippen molar-refractivity contribution < 1.29 is 14.6 Å². The molecule has 1 saturated carbocycles. The number of amides is 1. The number of piperidine rings is 1. The lowest BCUT2D eigenvalue weighted by molar-refractivity contribution is -0.00535. The van der Waals surface area contributed by atoms with Crippen LogP contribution in [-0.4, -0.2) is 61.4 Å². The van der Waals surface area contributed by atoms with E-state index >= 15 is 0 Å². The zero-order valence-corrected chi connectivity index (χ0v) is 14.8. The van der Waals surface area contributed by atoms with E-state index in [1.165, 1.54) is 0 Å². The normalized spacial score (nSPS) is 30.0. The van der Waals surface area contributed by atoms with E-state index in [9.17, 15) is 9.90 Å². The summed E-state index contributed by atoms with van der Waals surface area (Å²) in [5.74, 6) is 0.103. The largest absolute Gasteiger partial charge is 0.392 e. The number of aliphatic hydroxyl groups is 1. The number of rotatable bonds is 2. The highest BCUT2D eigenvalue weighted by Crippen LogP contribution is 2.45. The highest BCUT2D eigenvalue weighted by molar-refractivity contribution is 5.94. The van der Waals surface area contributed by atoms with Gasteiger partial charge in [-0.05, 0) is 49.9 Å². The van der Waals surface area contributed by atoms with Crippen LogP contribution in [0.25, 0.3) is 0 Å². The van der Waals surface area contributed by atoms with E-state index in [-0.39, 0.29) is 17.4 Å². The summed E-state index contributed by atoms with van der Waals surface area (Å²) in [6, 6.07) is 7.98. The molecule has 3 fully saturated rings. The molecule has 0 bridgehead atoms. The van der Waals surface area contributed by atoms with E-state index in [2.05, 4.69) is 4.90 Å². The summed E-state index contributed by atoms with van der Waals surface area (Å²) in [6.45, 7) is 4.84. The Labute approximate surface area is 149 Å². The van der Waals surface area contributed by atoms with E-state index in [0.29, 0.717) is 6.54 Å². The van der Waals surface area contributed by atoms with Gasteiger partial charge >= 0.3 is 0 Å². The fourth-order valence-electron chi connectivity index (χ4n) is 4.75. The second-order valence-electron chi connectivity index (χ2n) is 7.75. The zero-order chi connectivity index (χ0) is 17.3. The van der Waals surface area contributed by atoms with Gasteiger partial charge < -0.3 is 19.6 Å². The number of likely N-dealkylation sites (tertiary alicyclic amines) is 1. The van der Waals surface area contributed by atoms with Crippen molar-refractivity contribution in [2.24, 2.45) is 5.41 Å². The summed E-state index contributed by atoms with van der Waals surface area (Å²) in [6.07, 6.45) is 4.82. The molecular weight excluding hydrogens is 316 g/mol. The molecule has 1 N–H and O–H groups in total. The van der Waals surface area contributed by atoms with Gasteiger partial charge in [-0.2, -0.15) is 0 Å². The molecule has 2 saturated heterocycles. The maximum Gasteiger partial charge on any atom is 0.253 e. The molecule has 136 valence electrons. The highest BCUT2D eigenvalue weighted by atomic mass is 16.5. The Bertz CT molecular complexity index is 612. The zero-order valence-electron chi connectivity index (χ0n) is 14.8. The molecule has 2 atom stereocenters. The maximum atomic E-state index is 12.9. The summed E-state index contributed by atoms with van der Waals surface area (Å²) >= 11 is 0. The molecule has 0 unspecified atom stereocenters. The second kappa shape index (κ2) is 6.96. The number of morpholine rings is 1. The van der Waals surface area contributed by atoms with Crippen molar-refractivity contribution in [3.8, 4) is 0 Å². The van der Waals surface area contributed by atoms with Crippen LogP contribution in [0.2, 0.25) is 0 Å². The lowest BCUT2D eigenvalue weighted by atomic mass is 9.76. The Morgan fingerprint density at radius 1 is 1.08 bits per heavy atom. The summed E-state index contributed by atoms with van der Waals surface area (Å²) in [7, 11) is 0. The molecule has 4 rings (SSSR count). The molecule has 1 aromatic rings. The SMILES string of the molecule is O=C(c1ccc(N2CCOCC2)cc1)N1CCC[C@@]2(CCC[C@H]2O)C1. The van der Waals surface area contributed by atoms with Gasteiger partial charge in [0.1, 0.15) is 0 Å². The number of hydrogen-bond acceptors (Lipinski definition) is 4. The molecule has 1 aromatic carbocycles. The van der Waals surface area contributed by atoms with E-state index in [1.807, 2.05) is 29.2 Å². The molecule has 1 spiro atoms. The molecule has 3 aliphatic rings. The average Bonchev–Trinajstić information content (AvgIpc) is 3.01. The van der Waals surface area contributed by atoms with Crippen molar-refractivity contribution in [1.82, 2.24) is 4.90 Å². The summed E-state index contributed by atoms with van der Waals surface area (Å²) in [5, 5.41) is 10.4. The lowest BCUT2D eigenvalue weighted by Crippen LogP contribution is -2.49. The van der Waals surface area contributed by atoms with Crippen LogP contribution < -0.4 is 4.90 Å². The summed E-state index contributed by atoms with van der Waals surface area (Å²) in [4.78, 5) is 17.2. The van der Waals surface area contributed by atoms with Crippen LogP contribution >= 0.6 is 0 Å². The van der Waals surface area contributed by atoms with Crippen LogP contribution in [0.3, 0.4) is 0 Å². The lowest BCUT2D eigenvalue weighted by Gasteiger charge is -2.42. The van der Waals surface area contributed by atoms with Crippen LogP contribution in [-0.2, 0) is 4.74 Å². The Morgan fingerprint density at radius 2 is 1.80 bits per heavy atom. The van der Waals surface area contributed by atoms with E-state index in [4.69, 9.17) is 4.74 Å². The molecule has 2 aliphatic heterocycles. The Morgan fingerprint density at radius 3 is 2.48 bits per heavy atom. The quantitative estimate of drug-likeness (QED) is 0.894. The van der Waals surface area contributed by atoms with Gasteiger partial charge in [-0.3, -0.25) is 4.79 Å². The monoisotopic (exact) mass is 344 g/mol. The summed E-state index contributed by atoms with van der Waals surface area (Å²) < 4.78 is 5.39. The van der Waals surface area contributed by atoms with Gasteiger partial charge in [0.25, 0.3) is 5.91 Å². The minimum atomic E-state index is -0.244. The van der Waals surface area contributed by atoms with Gasteiger partial charge in [-0.15, -0.1) is 0 Å². The molecule has 0 aromatic heterocycles. The second-order valence-corrected chi connectivity index (χ2v) is 7.75. The van der Waals surface area contributed by atoms with Gasteiger partial charge in [-0.1, -0.05) is 6.42 Å². The smallest absolute Gasteiger partial charge is 0.253 e. The Balaban J connectivity index is 1.45. The third kappa shape index (κ3) is 3.27. The molecule has 25 heavy (non-hydrogen) atoms. The highest BCUT2D eigenvalue weighted by Gasteiger charge is 2.45. The maximum absolute atomic E-state index is 12.9. The fraction of sp³-hybridized carbons (Fsp3) is 0.650. The van der Waals surface area contributed by atoms with Crippen molar-refractivity contribution >= 4 is 11.6 Å². The van der Waals surface area contributed by atoms with Crippen LogP contribution in [0.15, 0.2) is 24.3 Å². The van der Waals surface area contributed by atoms with Crippen molar-refractivity contribution in [2.75, 3.05) is 44.3 Å². The Hall–Kier alpha value is -1.59. The Kier molecular flexibility index (Phi) is 4.69. The number of carbonyl (C=O) groups is 1. The van der Waals surface area contributed by atoms with Gasteiger partial charge in [0.05, 0.1) is 19.3 Å². The van der Waals surface area contributed by atoms with Crippen molar-refractivity contribution in [2.45, 2.75) is 38.2 Å². The van der Waals surface area contributed by atoms with Gasteiger partial charge in [-0.25, -0.2) is 0 Å². The standard InChI is InChI=1S/C20H28N2O3/c23-18-3-1-8-20(18)9-2-10-22(15-20)19(24)16-4-6-17(7-5-16)21-11-13-25-14-12-21/h4-7,18,23H,1-3,8-15H2/t18-,20+/m1/s1. The molecule has 0 radical (unpaired) electrons. The third-order valence-electron chi connectivity index (χ3n) is 6.25. The molecule has 2 heterocycles. The van der Waals surface area contributed by atoms with Crippen LogP contribution in [0.5, 0.6) is 0 Å². The minimum absolute atomic E-state index is 0.0539. The predicted molar refractivity (Wildman–Crippen MR) is 96.9 cm³/mol. The number of carbonyl (C=O) groups excluding carboxylic acids is 1. The van der Waals surface area contributed by atoms with Crippen molar-refractivity contribution in [1.29, 1.82) is 0 Å². The van der Waals surface area contributed by atoms with E-state index < -0.39 is 0 Å². The molecule has 1 amide bonds. The minimum Gasteiger partial charge on any atom is -0.392 e. The number of benzene rings is 1. The number of anilines is 1. The van der Waals surface area contributed by atoms with Gasteiger partial charge in [0.2, 0.25) is 0 Å². The molecule has 5 nitrogen and oxygen atoms in total. The van der Waals surface area contributed by atoms with Gasteiger partial charge in [0.15, 0.2) is 0 Å². The number of ether oxygens (including phenoxy) is 1. The fourth-order valence-corrected chi connectivity index (χ4v) is 4.75.